The van der Waals surface area contributed by atoms with E-state index in [-0.39, 0.29) is 5.75 Å². The van der Waals surface area contributed by atoms with Crippen molar-refractivity contribution < 1.29 is 36.6 Å². The van der Waals surface area contributed by atoms with Crippen LogP contribution in [-0.2, 0) is 17.4 Å². The Hall–Kier alpha value is -3.86. The number of nitrogens with zero attached hydrogens (tertiary/aromatic N) is 1. The van der Waals surface area contributed by atoms with Gasteiger partial charge < -0.3 is 20.3 Å². The standard InChI is InChI=1S/C29H30F5N3O3/c30-23-16-24(37-13-11-35-12-14-37)18-26(17-23)39-25(9-10-36-19-38)7-1-20-2-8-28(40-34)27(15-20)21-3-5-22(6-4-21)29(31,32)33/h2-6,8,15-19,25,35H,1,7,9-14H2,(H,36,38). The number of alkyl halides is 3. The summed E-state index contributed by atoms with van der Waals surface area (Å²) in [5, 5.41) is 5.87. The van der Waals surface area contributed by atoms with Crippen LogP contribution in [0.2, 0.25) is 0 Å². The number of rotatable bonds is 12. The Labute approximate surface area is 229 Å². The Kier molecular flexibility index (Phi) is 9.81. The van der Waals surface area contributed by atoms with Crippen molar-refractivity contribution in [3.63, 3.8) is 0 Å². The molecule has 4 rings (SSSR count). The molecule has 1 heterocycles. The van der Waals surface area contributed by atoms with E-state index in [2.05, 4.69) is 20.5 Å². The van der Waals surface area contributed by atoms with Crippen molar-refractivity contribution in [2.24, 2.45) is 0 Å². The van der Waals surface area contributed by atoms with Gasteiger partial charge >= 0.3 is 6.18 Å². The van der Waals surface area contributed by atoms with E-state index in [1.807, 2.05) is 0 Å². The molecule has 1 unspecified atom stereocenters. The molecule has 1 atom stereocenters. The number of ether oxygens (including phenoxy) is 1. The number of piperazine rings is 1. The SMILES string of the molecule is O=CNCCC(CCc1ccc(OF)c(-c2ccc(C(F)(F)F)cc2)c1)Oc1cc(F)cc(N2CCNCC2)c1. The van der Waals surface area contributed by atoms with Gasteiger partial charge in [-0.15, -0.1) is 0 Å². The smallest absolute Gasteiger partial charge is 0.416 e. The van der Waals surface area contributed by atoms with E-state index in [4.69, 9.17) is 4.74 Å². The molecular weight excluding hydrogens is 533 g/mol. The van der Waals surface area contributed by atoms with E-state index in [0.29, 0.717) is 49.1 Å². The highest BCUT2D eigenvalue weighted by molar-refractivity contribution is 5.71. The Balaban J connectivity index is 1.50. The summed E-state index contributed by atoms with van der Waals surface area (Å²) in [6.07, 6.45) is -2.89. The Bertz CT molecular complexity index is 1260. The molecule has 0 radical (unpaired) electrons. The van der Waals surface area contributed by atoms with Gasteiger partial charge in [-0.05, 0) is 54.3 Å². The largest absolute Gasteiger partial charge is 0.490 e. The topological polar surface area (TPSA) is 62.8 Å². The zero-order valence-corrected chi connectivity index (χ0v) is 21.6. The monoisotopic (exact) mass is 563 g/mol. The number of hydrogen-bond donors (Lipinski definition) is 2. The number of carbonyl (C=O) groups is 1. The predicted molar refractivity (Wildman–Crippen MR) is 142 cm³/mol. The maximum atomic E-state index is 14.5. The van der Waals surface area contributed by atoms with Gasteiger partial charge in [-0.3, -0.25) is 9.74 Å². The van der Waals surface area contributed by atoms with Gasteiger partial charge in [0.15, 0.2) is 5.75 Å². The summed E-state index contributed by atoms with van der Waals surface area (Å²) in [7, 11) is 0. The van der Waals surface area contributed by atoms with E-state index in [0.717, 1.165) is 49.6 Å². The van der Waals surface area contributed by atoms with Gasteiger partial charge in [-0.1, -0.05) is 18.2 Å². The molecule has 0 aromatic heterocycles. The average Bonchev–Trinajstić information content (AvgIpc) is 2.95. The van der Waals surface area contributed by atoms with Crippen LogP contribution in [0.5, 0.6) is 11.5 Å². The van der Waals surface area contributed by atoms with Crippen LogP contribution in [-0.4, -0.2) is 45.2 Å². The third kappa shape index (κ3) is 7.84. The fourth-order valence-electron chi connectivity index (χ4n) is 4.67. The molecule has 0 spiro atoms. The van der Waals surface area contributed by atoms with Crippen LogP contribution in [0.4, 0.5) is 27.8 Å². The fourth-order valence-corrected chi connectivity index (χ4v) is 4.67. The molecular formula is C29H30F5N3O3. The Morgan fingerprint density at radius 1 is 1.00 bits per heavy atom. The maximum Gasteiger partial charge on any atom is 0.416 e. The van der Waals surface area contributed by atoms with E-state index in [1.165, 1.54) is 30.3 Å². The number of carbonyl (C=O) groups excluding carboxylic acids is 1. The van der Waals surface area contributed by atoms with Gasteiger partial charge in [0.1, 0.15) is 17.7 Å². The number of amides is 1. The molecule has 1 aliphatic heterocycles. The highest BCUT2D eigenvalue weighted by Gasteiger charge is 2.30. The molecule has 6 nitrogen and oxygen atoms in total. The molecule has 1 aliphatic rings. The minimum atomic E-state index is -4.49. The molecule has 214 valence electrons. The number of benzene rings is 3. The van der Waals surface area contributed by atoms with Crippen molar-refractivity contribution in [3.05, 3.63) is 77.6 Å². The third-order valence-corrected chi connectivity index (χ3v) is 6.74. The Morgan fingerprint density at radius 2 is 1.75 bits per heavy atom. The fraction of sp³-hybridized carbons (Fsp3) is 0.345. The first-order valence-corrected chi connectivity index (χ1v) is 13.0. The van der Waals surface area contributed by atoms with Gasteiger partial charge in [0.05, 0.1) is 5.56 Å². The van der Waals surface area contributed by atoms with E-state index in [9.17, 15) is 26.9 Å². The van der Waals surface area contributed by atoms with Gasteiger partial charge in [0.25, 0.3) is 0 Å². The summed E-state index contributed by atoms with van der Waals surface area (Å²) in [5.41, 5.74) is 1.36. The van der Waals surface area contributed by atoms with Crippen molar-refractivity contribution in [3.8, 4) is 22.6 Å². The second-order valence-corrected chi connectivity index (χ2v) is 9.50. The number of halogens is 5. The summed E-state index contributed by atoms with van der Waals surface area (Å²) < 4.78 is 72.8. The zero-order chi connectivity index (χ0) is 28.5. The summed E-state index contributed by atoms with van der Waals surface area (Å²) in [5.74, 6) is -0.165. The molecule has 11 heteroatoms. The molecule has 3 aromatic rings. The normalized spacial score (nSPS) is 14.5. The van der Waals surface area contributed by atoms with E-state index < -0.39 is 23.7 Å². The van der Waals surface area contributed by atoms with Crippen molar-refractivity contribution >= 4 is 12.1 Å². The van der Waals surface area contributed by atoms with Crippen molar-refractivity contribution in [2.75, 3.05) is 37.6 Å². The van der Waals surface area contributed by atoms with Crippen molar-refractivity contribution in [2.45, 2.75) is 31.5 Å². The zero-order valence-electron chi connectivity index (χ0n) is 21.6. The summed E-state index contributed by atoms with van der Waals surface area (Å²) in [4.78, 5) is 16.8. The first kappa shape index (κ1) is 29.1. The number of nitrogens with one attached hydrogen (secondary N) is 2. The molecule has 0 bridgehead atoms. The molecule has 1 fully saturated rings. The number of hydrogen-bond acceptors (Lipinski definition) is 5. The van der Waals surface area contributed by atoms with E-state index in [1.54, 1.807) is 18.2 Å². The summed E-state index contributed by atoms with van der Waals surface area (Å²) in [6.45, 7) is 3.44. The molecule has 2 N–H and O–H groups in total. The van der Waals surface area contributed by atoms with Gasteiger partial charge in [0, 0.05) is 67.1 Å². The summed E-state index contributed by atoms with van der Waals surface area (Å²) in [6, 6.07) is 13.7. The molecule has 0 saturated carbocycles. The third-order valence-electron chi connectivity index (χ3n) is 6.74. The van der Waals surface area contributed by atoms with Crippen LogP contribution >= 0.6 is 0 Å². The van der Waals surface area contributed by atoms with Gasteiger partial charge in [-0.25, -0.2) is 4.39 Å². The van der Waals surface area contributed by atoms with Gasteiger partial charge in [0.2, 0.25) is 6.41 Å². The molecule has 40 heavy (non-hydrogen) atoms. The molecule has 3 aromatic carbocycles. The van der Waals surface area contributed by atoms with Crippen molar-refractivity contribution in [1.82, 2.24) is 10.6 Å². The van der Waals surface area contributed by atoms with Gasteiger partial charge in [-0.2, -0.15) is 13.2 Å². The van der Waals surface area contributed by atoms with Crippen LogP contribution in [0.1, 0.15) is 24.0 Å². The first-order valence-electron chi connectivity index (χ1n) is 13.0. The van der Waals surface area contributed by atoms with Crippen LogP contribution in [0.15, 0.2) is 60.7 Å². The predicted octanol–water partition coefficient (Wildman–Crippen LogP) is 5.70. The number of anilines is 1. The average molecular weight is 564 g/mol. The highest BCUT2D eigenvalue weighted by atomic mass is 19.4. The molecule has 1 saturated heterocycles. The number of aryl methyl sites for hydroxylation is 1. The minimum Gasteiger partial charge on any atom is -0.490 e. The lowest BCUT2D eigenvalue weighted by Gasteiger charge is -2.30. The van der Waals surface area contributed by atoms with Crippen LogP contribution in [0.3, 0.4) is 0 Å². The van der Waals surface area contributed by atoms with Crippen LogP contribution < -0.4 is 25.2 Å². The minimum absolute atomic E-state index is 0.119. The lowest BCUT2D eigenvalue weighted by molar-refractivity contribution is -0.137. The van der Waals surface area contributed by atoms with Crippen molar-refractivity contribution in [1.29, 1.82) is 0 Å². The maximum absolute atomic E-state index is 14.5. The lowest BCUT2D eigenvalue weighted by atomic mass is 9.97. The van der Waals surface area contributed by atoms with Crippen LogP contribution in [0.25, 0.3) is 11.1 Å². The second kappa shape index (κ2) is 13.5. The first-order chi connectivity index (χ1) is 19.3. The Morgan fingerprint density at radius 3 is 2.42 bits per heavy atom. The van der Waals surface area contributed by atoms with Crippen LogP contribution in [0, 0.1) is 5.82 Å². The molecule has 1 amide bonds. The second-order valence-electron chi connectivity index (χ2n) is 9.50. The lowest BCUT2D eigenvalue weighted by Crippen LogP contribution is -2.43. The molecule has 0 aliphatic carbocycles. The van der Waals surface area contributed by atoms with E-state index >= 15 is 0 Å². The summed E-state index contributed by atoms with van der Waals surface area (Å²) >= 11 is 0. The highest BCUT2D eigenvalue weighted by Crippen LogP contribution is 2.35. The quantitative estimate of drug-likeness (QED) is 0.168.